The molecule has 2 rings (SSSR count). The fraction of sp³-hybridized carbons (Fsp3) is 0.143. The Kier molecular flexibility index (Phi) is 4.79. The highest BCUT2D eigenvalue weighted by atomic mass is 32.2. The van der Waals surface area contributed by atoms with E-state index in [0.717, 1.165) is 12.3 Å². The molecule has 0 amide bonds. The Morgan fingerprint density at radius 2 is 1.62 bits per heavy atom. The second-order valence-corrected chi connectivity index (χ2v) is 6.97. The number of nitro groups is 2. The van der Waals surface area contributed by atoms with E-state index < -0.39 is 19.7 Å². The lowest BCUT2D eigenvalue weighted by molar-refractivity contribution is -0.385. The smallest absolute Gasteiger partial charge is 0.270 e. The van der Waals surface area contributed by atoms with Crippen LogP contribution in [0.15, 0.2) is 47.4 Å². The molecule has 0 saturated heterocycles. The normalized spacial score (nSPS) is 11.0. The van der Waals surface area contributed by atoms with Crippen molar-refractivity contribution < 1.29 is 18.3 Å². The van der Waals surface area contributed by atoms with Crippen LogP contribution in [0.1, 0.15) is 5.56 Å². The van der Waals surface area contributed by atoms with Crippen molar-refractivity contribution in [1.29, 1.82) is 0 Å². The highest BCUT2D eigenvalue weighted by molar-refractivity contribution is 7.90. The van der Waals surface area contributed by atoms with Crippen LogP contribution < -0.4 is 5.32 Å². The number of anilines is 1. The Morgan fingerprint density at radius 3 is 2.21 bits per heavy atom. The van der Waals surface area contributed by atoms with Crippen LogP contribution in [0, 0.1) is 20.2 Å². The average molecular weight is 351 g/mol. The number of rotatable bonds is 6. The summed E-state index contributed by atoms with van der Waals surface area (Å²) in [7, 11) is -3.69. The third-order valence-electron chi connectivity index (χ3n) is 3.18. The third-order valence-corrected chi connectivity index (χ3v) is 4.32. The van der Waals surface area contributed by atoms with Gasteiger partial charge in [0.1, 0.15) is 0 Å². The van der Waals surface area contributed by atoms with E-state index in [2.05, 4.69) is 5.32 Å². The third kappa shape index (κ3) is 4.04. The number of non-ortho nitro benzene ring substituents is 2. The van der Waals surface area contributed by atoms with Crippen LogP contribution in [-0.2, 0) is 16.4 Å². The molecule has 0 aliphatic heterocycles. The summed E-state index contributed by atoms with van der Waals surface area (Å²) in [6.07, 6.45) is 0.949. The number of nitrogens with zero attached hydrogens (tertiary/aromatic N) is 2. The summed E-state index contributed by atoms with van der Waals surface area (Å²) < 4.78 is 23.7. The Bertz CT molecular complexity index is 910. The maximum Gasteiger partial charge on any atom is 0.270 e. The number of hydrogen-bond acceptors (Lipinski definition) is 7. The first kappa shape index (κ1) is 17.3. The van der Waals surface area contributed by atoms with Crippen LogP contribution in [0.2, 0.25) is 0 Å². The monoisotopic (exact) mass is 351 g/mol. The summed E-state index contributed by atoms with van der Waals surface area (Å²) in [5.74, 6) is 0. The van der Waals surface area contributed by atoms with Crippen LogP contribution >= 0.6 is 0 Å². The van der Waals surface area contributed by atoms with Crippen molar-refractivity contribution >= 4 is 26.9 Å². The molecular formula is C14H13N3O6S. The molecule has 0 saturated carbocycles. The standard InChI is InChI=1S/C14H13N3O6S/c1-24(22,23)14-8-12(17(20)21)5-6-13(14)15-9-10-3-2-4-11(7-10)16(18)19/h2-8,15H,9H2,1H3. The topological polar surface area (TPSA) is 132 Å². The summed E-state index contributed by atoms with van der Waals surface area (Å²) in [5, 5.41) is 24.4. The molecule has 0 heterocycles. The molecule has 0 aliphatic rings. The van der Waals surface area contributed by atoms with E-state index >= 15 is 0 Å². The molecule has 1 N–H and O–H groups in total. The second-order valence-electron chi connectivity index (χ2n) is 4.99. The molecule has 0 fully saturated rings. The molecule has 9 nitrogen and oxygen atoms in total. The zero-order valence-corrected chi connectivity index (χ0v) is 13.3. The van der Waals surface area contributed by atoms with E-state index in [9.17, 15) is 28.6 Å². The van der Waals surface area contributed by atoms with Gasteiger partial charge in [0.15, 0.2) is 9.84 Å². The highest BCUT2D eigenvalue weighted by Gasteiger charge is 2.18. The van der Waals surface area contributed by atoms with Gasteiger partial charge in [-0.15, -0.1) is 0 Å². The minimum Gasteiger partial charge on any atom is -0.380 e. The van der Waals surface area contributed by atoms with Gasteiger partial charge in [0.25, 0.3) is 11.4 Å². The fourth-order valence-electron chi connectivity index (χ4n) is 2.05. The van der Waals surface area contributed by atoms with Gasteiger partial charge in [-0.05, 0) is 11.6 Å². The van der Waals surface area contributed by atoms with Gasteiger partial charge in [-0.25, -0.2) is 8.42 Å². The van der Waals surface area contributed by atoms with E-state index in [1.807, 2.05) is 0 Å². The van der Waals surface area contributed by atoms with Gasteiger partial charge in [0.05, 0.1) is 20.4 Å². The van der Waals surface area contributed by atoms with Crippen LogP contribution in [-0.4, -0.2) is 24.5 Å². The van der Waals surface area contributed by atoms with Gasteiger partial charge < -0.3 is 5.32 Å². The minimum atomic E-state index is -3.69. The lowest BCUT2D eigenvalue weighted by Crippen LogP contribution is -2.07. The zero-order valence-electron chi connectivity index (χ0n) is 12.5. The van der Waals surface area contributed by atoms with Gasteiger partial charge >= 0.3 is 0 Å². The Hall–Kier alpha value is -3.01. The van der Waals surface area contributed by atoms with Crippen molar-refractivity contribution in [3.05, 3.63) is 68.3 Å². The molecule has 24 heavy (non-hydrogen) atoms. The largest absolute Gasteiger partial charge is 0.380 e. The van der Waals surface area contributed by atoms with Crippen molar-refractivity contribution in [2.45, 2.75) is 11.4 Å². The molecule has 0 bridgehead atoms. The molecule has 0 atom stereocenters. The predicted molar refractivity (Wildman–Crippen MR) is 86.6 cm³/mol. The van der Waals surface area contributed by atoms with Gasteiger partial charge in [-0.3, -0.25) is 20.2 Å². The van der Waals surface area contributed by atoms with Gasteiger partial charge in [0, 0.05) is 37.1 Å². The quantitative estimate of drug-likeness (QED) is 0.624. The number of hydrogen-bond donors (Lipinski definition) is 1. The maximum atomic E-state index is 11.8. The molecular weight excluding hydrogens is 338 g/mol. The summed E-state index contributed by atoms with van der Waals surface area (Å²) >= 11 is 0. The van der Waals surface area contributed by atoms with Gasteiger partial charge in [0.2, 0.25) is 0 Å². The van der Waals surface area contributed by atoms with Crippen molar-refractivity contribution in [3.63, 3.8) is 0 Å². The number of benzene rings is 2. The summed E-state index contributed by atoms with van der Waals surface area (Å²) in [4.78, 5) is 20.1. The molecule has 0 aromatic heterocycles. The predicted octanol–water partition coefficient (Wildman–Crippen LogP) is 2.52. The Balaban J connectivity index is 2.31. The van der Waals surface area contributed by atoms with E-state index in [4.69, 9.17) is 0 Å². The lowest BCUT2D eigenvalue weighted by Gasteiger charge is -2.11. The van der Waals surface area contributed by atoms with E-state index in [1.165, 1.54) is 30.3 Å². The molecule has 0 radical (unpaired) electrons. The van der Waals surface area contributed by atoms with Crippen LogP contribution in [0.25, 0.3) is 0 Å². The van der Waals surface area contributed by atoms with Gasteiger partial charge in [-0.1, -0.05) is 12.1 Å². The summed E-state index contributed by atoms with van der Waals surface area (Å²) in [6, 6.07) is 9.32. The maximum absolute atomic E-state index is 11.8. The van der Waals surface area contributed by atoms with Crippen LogP contribution in [0.5, 0.6) is 0 Å². The van der Waals surface area contributed by atoms with E-state index in [0.29, 0.717) is 5.56 Å². The Morgan fingerprint density at radius 1 is 1.00 bits per heavy atom. The molecule has 0 spiro atoms. The van der Waals surface area contributed by atoms with E-state index in [-0.39, 0.29) is 28.5 Å². The first-order valence-corrected chi connectivity index (χ1v) is 8.53. The lowest BCUT2D eigenvalue weighted by atomic mass is 10.2. The highest BCUT2D eigenvalue weighted by Crippen LogP contribution is 2.27. The fourth-order valence-corrected chi connectivity index (χ4v) is 2.93. The molecule has 126 valence electrons. The summed E-state index contributed by atoms with van der Waals surface area (Å²) in [5.41, 5.74) is 0.342. The van der Waals surface area contributed by atoms with Crippen molar-refractivity contribution in [1.82, 2.24) is 0 Å². The summed E-state index contributed by atoms with van der Waals surface area (Å²) in [6.45, 7) is 0.127. The van der Waals surface area contributed by atoms with Gasteiger partial charge in [-0.2, -0.15) is 0 Å². The molecule has 10 heteroatoms. The number of sulfone groups is 1. The first-order chi connectivity index (χ1) is 11.2. The van der Waals surface area contributed by atoms with Crippen molar-refractivity contribution in [2.24, 2.45) is 0 Å². The van der Waals surface area contributed by atoms with Crippen molar-refractivity contribution in [3.8, 4) is 0 Å². The number of nitrogens with one attached hydrogen (secondary N) is 1. The molecule has 0 aliphatic carbocycles. The van der Waals surface area contributed by atoms with Crippen LogP contribution in [0.4, 0.5) is 17.1 Å². The van der Waals surface area contributed by atoms with Crippen LogP contribution in [0.3, 0.4) is 0 Å². The molecule has 2 aromatic rings. The second kappa shape index (κ2) is 6.62. The van der Waals surface area contributed by atoms with E-state index in [1.54, 1.807) is 6.07 Å². The number of nitro benzene ring substituents is 2. The molecule has 0 unspecified atom stereocenters. The average Bonchev–Trinajstić information content (AvgIpc) is 2.52. The zero-order chi connectivity index (χ0) is 17.9. The van der Waals surface area contributed by atoms with Crippen molar-refractivity contribution in [2.75, 3.05) is 11.6 Å². The first-order valence-electron chi connectivity index (χ1n) is 6.64. The minimum absolute atomic E-state index is 0.0821. The molecule has 2 aromatic carbocycles. The SMILES string of the molecule is CS(=O)(=O)c1cc([N+](=O)[O-])ccc1NCc1cccc([N+](=O)[O-])c1. The Labute approximate surface area is 137 Å².